The Morgan fingerprint density at radius 2 is 2.12 bits per heavy atom. The van der Waals surface area contributed by atoms with Crippen LogP contribution < -0.4 is 15.8 Å². The van der Waals surface area contributed by atoms with Crippen LogP contribution in [0.2, 0.25) is 0 Å². The predicted molar refractivity (Wildman–Crippen MR) is 124 cm³/mol. The van der Waals surface area contributed by atoms with E-state index in [-0.39, 0.29) is 17.8 Å². The van der Waals surface area contributed by atoms with Crippen LogP contribution in [0.4, 0.5) is 15.9 Å². The summed E-state index contributed by atoms with van der Waals surface area (Å²) in [5.74, 6) is 2.61. The number of nitrogens with one attached hydrogen (secondary N) is 1. The maximum atomic E-state index is 14.8. The minimum atomic E-state index is -0.848. The first-order valence-corrected chi connectivity index (χ1v) is 10.8. The Balaban J connectivity index is 1.70. The monoisotopic (exact) mass is 451 g/mol. The van der Waals surface area contributed by atoms with Gasteiger partial charge in [0, 0.05) is 17.0 Å². The van der Waals surface area contributed by atoms with Crippen LogP contribution in [0.5, 0.6) is 5.88 Å². The van der Waals surface area contributed by atoms with Gasteiger partial charge < -0.3 is 15.8 Å². The van der Waals surface area contributed by atoms with E-state index in [2.05, 4.69) is 43.1 Å². The minimum absolute atomic E-state index is 0.0364. The quantitative estimate of drug-likeness (QED) is 0.447. The molecule has 0 unspecified atom stereocenters. The first-order valence-electron chi connectivity index (χ1n) is 9.95. The molecule has 8 nitrogen and oxygen atoms in total. The highest BCUT2D eigenvalue weighted by Crippen LogP contribution is 2.44. The Labute approximate surface area is 189 Å². The SMILES string of the molecule is C#CCOc1cnc2c(Nc3cnc(F)c([C@@]4(C)N=C(N)S[C@@H](C)[C@H]4C)c3)nccc2n1. The summed E-state index contributed by atoms with van der Waals surface area (Å²) in [6.45, 7) is 6.07. The lowest BCUT2D eigenvalue weighted by molar-refractivity contribution is 0.309. The van der Waals surface area contributed by atoms with E-state index in [1.54, 1.807) is 18.3 Å². The average Bonchev–Trinajstić information content (AvgIpc) is 2.77. The Bertz CT molecular complexity index is 1240. The van der Waals surface area contributed by atoms with Crippen LogP contribution >= 0.6 is 11.8 Å². The van der Waals surface area contributed by atoms with Crippen LogP contribution in [0.1, 0.15) is 26.3 Å². The number of anilines is 2. The number of ether oxygens (including phenoxy) is 1. The average molecular weight is 452 g/mol. The van der Waals surface area contributed by atoms with Gasteiger partial charge in [0.15, 0.2) is 17.6 Å². The molecule has 0 bridgehead atoms. The number of thioether (sulfide) groups is 1. The molecule has 4 heterocycles. The van der Waals surface area contributed by atoms with Crippen molar-refractivity contribution in [1.82, 2.24) is 19.9 Å². The molecule has 0 fully saturated rings. The van der Waals surface area contributed by atoms with Gasteiger partial charge in [-0.2, -0.15) is 4.39 Å². The lowest BCUT2D eigenvalue weighted by Crippen LogP contribution is -2.41. The van der Waals surface area contributed by atoms with Gasteiger partial charge in [-0.1, -0.05) is 31.5 Å². The molecule has 1 aliphatic heterocycles. The number of rotatable bonds is 5. The van der Waals surface area contributed by atoms with E-state index in [0.717, 1.165) is 0 Å². The molecular formula is C22H22FN7OS. The maximum Gasteiger partial charge on any atom is 0.233 e. The number of halogens is 1. The van der Waals surface area contributed by atoms with Gasteiger partial charge in [-0.05, 0) is 25.0 Å². The van der Waals surface area contributed by atoms with Crippen LogP contribution in [0.15, 0.2) is 35.7 Å². The van der Waals surface area contributed by atoms with Crippen molar-refractivity contribution < 1.29 is 9.13 Å². The summed E-state index contributed by atoms with van der Waals surface area (Å²) in [4.78, 5) is 21.7. The number of fused-ring (bicyclic) bond motifs is 1. The third kappa shape index (κ3) is 4.03. The Kier molecular flexibility index (Phi) is 5.84. The normalized spacial score (nSPS) is 22.8. The zero-order chi connectivity index (χ0) is 22.9. The van der Waals surface area contributed by atoms with Gasteiger partial charge >= 0.3 is 0 Å². The summed E-state index contributed by atoms with van der Waals surface area (Å²) in [7, 11) is 0. The summed E-state index contributed by atoms with van der Waals surface area (Å²) in [6, 6.07) is 3.41. The van der Waals surface area contributed by atoms with Crippen LogP contribution in [0, 0.1) is 24.2 Å². The van der Waals surface area contributed by atoms with Crippen molar-refractivity contribution >= 4 is 39.5 Å². The molecule has 3 aromatic heterocycles. The minimum Gasteiger partial charge on any atom is -0.463 e. The number of hydrogen-bond acceptors (Lipinski definition) is 9. The van der Waals surface area contributed by atoms with E-state index in [1.807, 2.05) is 13.8 Å². The molecule has 4 rings (SSSR count). The second kappa shape index (κ2) is 8.59. The first-order chi connectivity index (χ1) is 15.3. The second-order valence-electron chi connectivity index (χ2n) is 7.62. The molecule has 3 aromatic rings. The molecule has 0 amide bonds. The fourth-order valence-corrected chi connectivity index (χ4v) is 4.72. The van der Waals surface area contributed by atoms with Gasteiger partial charge in [-0.3, -0.25) is 4.99 Å². The molecule has 3 N–H and O–H groups in total. The first kappa shape index (κ1) is 21.8. The molecule has 0 saturated heterocycles. The molecule has 32 heavy (non-hydrogen) atoms. The van der Waals surface area contributed by atoms with E-state index < -0.39 is 11.5 Å². The summed E-state index contributed by atoms with van der Waals surface area (Å²) in [5.41, 5.74) is 7.18. The number of amidine groups is 1. The number of pyridine rings is 2. The van der Waals surface area contributed by atoms with E-state index in [4.69, 9.17) is 16.9 Å². The highest BCUT2D eigenvalue weighted by molar-refractivity contribution is 8.14. The zero-order valence-electron chi connectivity index (χ0n) is 17.8. The van der Waals surface area contributed by atoms with Gasteiger partial charge in [0.25, 0.3) is 0 Å². The third-order valence-corrected chi connectivity index (χ3v) is 6.74. The van der Waals surface area contributed by atoms with E-state index >= 15 is 0 Å². The van der Waals surface area contributed by atoms with Crippen molar-refractivity contribution in [2.45, 2.75) is 31.6 Å². The standard InChI is InChI=1S/C22H22FN7OS/c1-5-8-31-17-11-26-18-16(29-17)6-7-25-20(18)28-14-9-15(19(23)27-10-14)22(4)12(2)13(3)32-21(24)30-22/h1,6-7,9-13H,8H2,2-4H3,(H2,24,30)(H,25,28)/t12-,13+,22+/m1/s1. The van der Waals surface area contributed by atoms with Crippen molar-refractivity contribution in [2.24, 2.45) is 16.6 Å². The van der Waals surface area contributed by atoms with Gasteiger partial charge in [0.2, 0.25) is 11.8 Å². The van der Waals surface area contributed by atoms with Crippen LogP contribution in [-0.4, -0.2) is 37.0 Å². The van der Waals surface area contributed by atoms with Crippen molar-refractivity contribution in [3.63, 3.8) is 0 Å². The molecule has 0 aromatic carbocycles. The largest absolute Gasteiger partial charge is 0.463 e. The molecule has 164 valence electrons. The summed E-state index contributed by atoms with van der Waals surface area (Å²) in [5, 5.41) is 3.78. The Hall–Kier alpha value is -3.45. The molecule has 0 aliphatic carbocycles. The number of aromatic nitrogens is 4. The molecule has 0 saturated carbocycles. The predicted octanol–water partition coefficient (Wildman–Crippen LogP) is 3.62. The van der Waals surface area contributed by atoms with Gasteiger partial charge in [-0.25, -0.2) is 19.9 Å². The van der Waals surface area contributed by atoms with Crippen molar-refractivity contribution in [3.05, 3.63) is 42.2 Å². The van der Waals surface area contributed by atoms with Gasteiger partial charge in [0.05, 0.1) is 29.1 Å². The zero-order valence-corrected chi connectivity index (χ0v) is 18.7. The fraction of sp³-hybridized carbons (Fsp3) is 0.318. The van der Waals surface area contributed by atoms with Crippen molar-refractivity contribution in [2.75, 3.05) is 11.9 Å². The van der Waals surface area contributed by atoms with Crippen LogP contribution in [0.25, 0.3) is 11.0 Å². The lowest BCUT2D eigenvalue weighted by Gasteiger charge is -2.39. The molecule has 1 aliphatic rings. The van der Waals surface area contributed by atoms with E-state index in [1.165, 1.54) is 24.2 Å². The third-order valence-electron chi connectivity index (χ3n) is 5.63. The Morgan fingerprint density at radius 1 is 1.31 bits per heavy atom. The lowest BCUT2D eigenvalue weighted by atomic mass is 9.79. The number of hydrogen-bond donors (Lipinski definition) is 2. The van der Waals surface area contributed by atoms with E-state index in [9.17, 15) is 4.39 Å². The number of nitrogens with zero attached hydrogens (tertiary/aromatic N) is 5. The van der Waals surface area contributed by atoms with Crippen molar-refractivity contribution in [1.29, 1.82) is 0 Å². The molecule has 0 spiro atoms. The van der Waals surface area contributed by atoms with Crippen molar-refractivity contribution in [3.8, 4) is 18.2 Å². The smallest absolute Gasteiger partial charge is 0.233 e. The molecular weight excluding hydrogens is 429 g/mol. The highest BCUT2D eigenvalue weighted by Gasteiger charge is 2.42. The molecule has 0 radical (unpaired) electrons. The van der Waals surface area contributed by atoms with Gasteiger partial charge in [-0.15, -0.1) is 6.42 Å². The maximum absolute atomic E-state index is 14.8. The fourth-order valence-electron chi connectivity index (χ4n) is 3.63. The summed E-state index contributed by atoms with van der Waals surface area (Å²) < 4.78 is 20.2. The summed E-state index contributed by atoms with van der Waals surface area (Å²) in [6.07, 6.45) is 9.69. The molecule has 10 heteroatoms. The summed E-state index contributed by atoms with van der Waals surface area (Å²) >= 11 is 1.49. The topological polar surface area (TPSA) is 111 Å². The molecule has 3 atom stereocenters. The number of terminal acetylenes is 1. The second-order valence-corrected chi connectivity index (χ2v) is 9.02. The van der Waals surface area contributed by atoms with Crippen LogP contribution in [-0.2, 0) is 5.54 Å². The van der Waals surface area contributed by atoms with Crippen LogP contribution in [0.3, 0.4) is 0 Å². The van der Waals surface area contributed by atoms with E-state index in [0.29, 0.717) is 39.1 Å². The number of aliphatic imine (C=N–C) groups is 1. The van der Waals surface area contributed by atoms with Gasteiger partial charge in [0.1, 0.15) is 5.52 Å². The number of nitrogens with two attached hydrogens (primary N) is 1. The Morgan fingerprint density at radius 3 is 2.91 bits per heavy atom. The highest BCUT2D eigenvalue weighted by atomic mass is 32.2.